The third-order valence-electron chi connectivity index (χ3n) is 5.54. The third kappa shape index (κ3) is 5.31. The second kappa shape index (κ2) is 10.4. The summed E-state index contributed by atoms with van der Waals surface area (Å²) in [7, 11) is 0. The molecule has 1 aliphatic heterocycles. The Hall–Kier alpha value is -3.26. The average molecular weight is 438 g/mol. The van der Waals surface area contributed by atoms with Crippen molar-refractivity contribution in [3.63, 3.8) is 0 Å². The van der Waals surface area contributed by atoms with Gasteiger partial charge in [0.25, 0.3) is 0 Å². The molecule has 0 radical (unpaired) electrons. The minimum absolute atomic E-state index is 0.0167. The lowest BCUT2D eigenvalue weighted by molar-refractivity contribution is -0.122. The number of carbonyl (C=O) groups is 2. The molecule has 1 amide bonds. The summed E-state index contributed by atoms with van der Waals surface area (Å²) in [5.41, 5.74) is 8.73. The third-order valence-corrected chi connectivity index (χ3v) is 5.54. The zero-order chi connectivity index (χ0) is 23.3. The van der Waals surface area contributed by atoms with Crippen LogP contribution in [0.25, 0.3) is 0 Å². The molecule has 0 bridgehead atoms. The standard InChI is InChI=1S/C24H31N5O3/c1-4-29(24(31)18-9-10-28(15-18)11-12-30)19-6-7-21(25)20(13-19)23(26)17-5-8-22(27-14-17)32-16(2)3/h5-8,12-14,16,18,26H,4,9-11,15,25H2,1-3H3. The number of aromatic nitrogens is 1. The van der Waals surface area contributed by atoms with Crippen LogP contribution < -0.4 is 15.4 Å². The fourth-order valence-corrected chi connectivity index (χ4v) is 3.92. The van der Waals surface area contributed by atoms with Crippen LogP contribution in [0.1, 0.15) is 38.3 Å². The number of nitrogens with zero attached hydrogens (tertiary/aromatic N) is 3. The maximum absolute atomic E-state index is 13.2. The molecule has 8 nitrogen and oxygen atoms in total. The van der Waals surface area contributed by atoms with Crippen LogP contribution in [0.3, 0.4) is 0 Å². The highest BCUT2D eigenvalue weighted by Crippen LogP contribution is 2.27. The Morgan fingerprint density at radius 2 is 2.16 bits per heavy atom. The minimum atomic E-state index is -0.145. The summed E-state index contributed by atoms with van der Waals surface area (Å²) in [4.78, 5) is 32.0. The first kappa shape index (κ1) is 23.4. The number of carbonyl (C=O) groups excluding carboxylic acids is 2. The summed E-state index contributed by atoms with van der Waals surface area (Å²) in [6, 6.07) is 8.84. The predicted molar refractivity (Wildman–Crippen MR) is 125 cm³/mol. The Bertz CT molecular complexity index is 974. The fourth-order valence-electron chi connectivity index (χ4n) is 3.92. The quantitative estimate of drug-likeness (QED) is 0.354. The zero-order valence-corrected chi connectivity index (χ0v) is 18.9. The molecule has 1 atom stereocenters. The van der Waals surface area contributed by atoms with Crippen molar-refractivity contribution in [1.29, 1.82) is 5.41 Å². The number of pyridine rings is 1. The monoisotopic (exact) mass is 437 g/mol. The Morgan fingerprint density at radius 3 is 2.78 bits per heavy atom. The summed E-state index contributed by atoms with van der Waals surface area (Å²) >= 11 is 0. The molecule has 0 spiro atoms. The lowest BCUT2D eigenvalue weighted by Crippen LogP contribution is -2.37. The summed E-state index contributed by atoms with van der Waals surface area (Å²) < 4.78 is 5.57. The summed E-state index contributed by atoms with van der Waals surface area (Å²) in [5.74, 6) is 0.384. The maximum Gasteiger partial charge on any atom is 0.231 e. The van der Waals surface area contributed by atoms with Gasteiger partial charge in [-0.3, -0.25) is 15.1 Å². The van der Waals surface area contributed by atoms with Gasteiger partial charge in [0.15, 0.2) is 0 Å². The van der Waals surface area contributed by atoms with E-state index >= 15 is 0 Å². The van der Waals surface area contributed by atoms with Crippen LogP contribution in [-0.2, 0) is 9.59 Å². The lowest BCUT2D eigenvalue weighted by Gasteiger charge is -2.25. The van der Waals surface area contributed by atoms with Crippen LogP contribution in [0.5, 0.6) is 5.88 Å². The van der Waals surface area contributed by atoms with Gasteiger partial charge in [0, 0.05) is 47.9 Å². The highest BCUT2D eigenvalue weighted by atomic mass is 16.5. The number of hydrogen-bond donors (Lipinski definition) is 2. The lowest BCUT2D eigenvalue weighted by atomic mass is 10.0. The Morgan fingerprint density at radius 1 is 1.38 bits per heavy atom. The molecule has 170 valence electrons. The van der Waals surface area contributed by atoms with Crippen molar-refractivity contribution >= 4 is 29.3 Å². The highest BCUT2D eigenvalue weighted by Gasteiger charge is 2.31. The largest absolute Gasteiger partial charge is 0.475 e. The fraction of sp³-hybridized carbons (Fsp3) is 0.417. The number of nitrogens with two attached hydrogens (primary N) is 1. The molecule has 1 fully saturated rings. The second-order valence-corrected chi connectivity index (χ2v) is 8.19. The van der Waals surface area contributed by atoms with Crippen molar-refractivity contribution in [3.05, 3.63) is 47.7 Å². The highest BCUT2D eigenvalue weighted by molar-refractivity contribution is 6.14. The Kier molecular flexibility index (Phi) is 7.58. The van der Waals surface area contributed by atoms with Gasteiger partial charge < -0.3 is 20.2 Å². The number of hydrogen-bond acceptors (Lipinski definition) is 7. The van der Waals surface area contributed by atoms with E-state index in [9.17, 15) is 9.59 Å². The van der Waals surface area contributed by atoms with Crippen molar-refractivity contribution in [2.75, 3.05) is 36.8 Å². The van der Waals surface area contributed by atoms with Crippen LogP contribution in [0, 0.1) is 11.3 Å². The first-order chi connectivity index (χ1) is 15.3. The van der Waals surface area contributed by atoms with Crippen LogP contribution in [0.2, 0.25) is 0 Å². The van der Waals surface area contributed by atoms with E-state index in [-0.39, 0.29) is 23.6 Å². The molecule has 3 N–H and O–H groups in total. The van der Waals surface area contributed by atoms with Gasteiger partial charge in [0.2, 0.25) is 11.8 Å². The van der Waals surface area contributed by atoms with Gasteiger partial charge in [-0.2, -0.15) is 0 Å². The van der Waals surface area contributed by atoms with Crippen molar-refractivity contribution in [2.45, 2.75) is 33.3 Å². The van der Waals surface area contributed by atoms with E-state index in [1.54, 1.807) is 35.4 Å². The van der Waals surface area contributed by atoms with Gasteiger partial charge in [0.1, 0.15) is 6.29 Å². The van der Waals surface area contributed by atoms with E-state index in [1.165, 1.54) is 0 Å². The van der Waals surface area contributed by atoms with Crippen molar-refractivity contribution in [1.82, 2.24) is 9.88 Å². The van der Waals surface area contributed by atoms with Gasteiger partial charge in [-0.1, -0.05) is 0 Å². The molecule has 1 aromatic heterocycles. The molecular weight excluding hydrogens is 406 g/mol. The van der Waals surface area contributed by atoms with Crippen LogP contribution >= 0.6 is 0 Å². The number of benzene rings is 1. The minimum Gasteiger partial charge on any atom is -0.475 e. The van der Waals surface area contributed by atoms with E-state index < -0.39 is 0 Å². The van der Waals surface area contributed by atoms with Crippen molar-refractivity contribution in [2.24, 2.45) is 5.92 Å². The van der Waals surface area contributed by atoms with Crippen LogP contribution in [-0.4, -0.2) is 60.1 Å². The normalized spacial score (nSPS) is 16.2. The summed E-state index contributed by atoms with van der Waals surface area (Å²) in [5, 5.41) is 8.66. The molecule has 1 aromatic carbocycles. The molecule has 0 saturated carbocycles. The van der Waals surface area contributed by atoms with E-state index in [0.29, 0.717) is 48.0 Å². The SMILES string of the molecule is CCN(C(=O)C1CCN(CC=O)C1)c1ccc(N)c(C(=N)c2ccc(OC(C)C)nc2)c1. The predicted octanol–water partition coefficient (Wildman–Crippen LogP) is 2.74. The van der Waals surface area contributed by atoms with Gasteiger partial charge in [-0.15, -0.1) is 0 Å². The molecule has 8 heteroatoms. The summed E-state index contributed by atoms with van der Waals surface area (Å²) in [6.45, 7) is 7.97. The topological polar surface area (TPSA) is 113 Å². The molecule has 32 heavy (non-hydrogen) atoms. The second-order valence-electron chi connectivity index (χ2n) is 8.19. The number of nitrogen functional groups attached to an aromatic ring is 1. The average Bonchev–Trinajstić information content (AvgIpc) is 3.24. The number of likely N-dealkylation sites (tertiary alicyclic amines) is 1. The van der Waals surface area contributed by atoms with E-state index in [1.807, 2.05) is 31.7 Å². The summed E-state index contributed by atoms with van der Waals surface area (Å²) in [6.07, 6.45) is 3.22. The Balaban J connectivity index is 1.81. The number of aldehydes is 1. The number of nitrogens with one attached hydrogen (secondary N) is 1. The molecule has 1 saturated heterocycles. The van der Waals surface area contributed by atoms with Crippen molar-refractivity contribution in [3.8, 4) is 5.88 Å². The zero-order valence-electron chi connectivity index (χ0n) is 18.9. The number of amides is 1. The first-order valence-corrected chi connectivity index (χ1v) is 10.9. The van der Waals surface area contributed by atoms with Crippen LogP contribution in [0.15, 0.2) is 36.5 Å². The number of anilines is 2. The number of rotatable bonds is 9. The molecule has 2 heterocycles. The molecule has 2 aromatic rings. The van der Waals surface area contributed by atoms with Crippen molar-refractivity contribution < 1.29 is 14.3 Å². The molecule has 1 unspecified atom stereocenters. The maximum atomic E-state index is 13.2. The van der Waals surface area contributed by atoms with E-state index in [2.05, 4.69) is 4.98 Å². The van der Waals surface area contributed by atoms with E-state index in [4.69, 9.17) is 15.9 Å². The first-order valence-electron chi connectivity index (χ1n) is 10.9. The molecule has 0 aliphatic carbocycles. The Labute approximate surface area is 188 Å². The van der Waals surface area contributed by atoms with Gasteiger partial charge in [-0.25, -0.2) is 4.98 Å². The van der Waals surface area contributed by atoms with Gasteiger partial charge >= 0.3 is 0 Å². The molecule has 3 rings (SSSR count). The smallest absolute Gasteiger partial charge is 0.231 e. The van der Waals surface area contributed by atoms with E-state index in [0.717, 1.165) is 19.3 Å². The molecular formula is C24H31N5O3. The van der Waals surface area contributed by atoms with Crippen LogP contribution in [0.4, 0.5) is 11.4 Å². The van der Waals surface area contributed by atoms with Gasteiger partial charge in [0.05, 0.1) is 24.3 Å². The number of ether oxygens (including phenoxy) is 1. The molecule has 1 aliphatic rings. The van der Waals surface area contributed by atoms with Gasteiger partial charge in [-0.05, 0) is 58.0 Å².